The Bertz CT molecular complexity index is 417. The third-order valence-corrected chi connectivity index (χ3v) is 4.36. The molecule has 1 aromatic heterocycles. The molecule has 0 unspecified atom stereocenters. The molecule has 0 radical (unpaired) electrons. The zero-order chi connectivity index (χ0) is 13.8. The predicted octanol–water partition coefficient (Wildman–Crippen LogP) is 2.77. The summed E-state index contributed by atoms with van der Waals surface area (Å²) < 4.78 is 11.4. The normalized spacial score (nSPS) is 22.1. The summed E-state index contributed by atoms with van der Waals surface area (Å²) in [6, 6.07) is 0. The quantitative estimate of drug-likeness (QED) is 0.831. The molecule has 1 heterocycles. The van der Waals surface area contributed by atoms with E-state index in [9.17, 15) is 0 Å². The minimum Gasteiger partial charge on any atom is -0.367 e. The molecular formula is C15H25N3O2. The Kier molecular flexibility index (Phi) is 4.36. The summed E-state index contributed by atoms with van der Waals surface area (Å²) in [5.41, 5.74) is -0.300. The molecule has 1 N–H and O–H groups in total. The highest BCUT2D eigenvalue weighted by Crippen LogP contribution is 2.39. The Hall–Kier alpha value is -0.940. The van der Waals surface area contributed by atoms with Crippen molar-refractivity contribution in [2.45, 2.75) is 64.0 Å². The highest BCUT2D eigenvalue weighted by Gasteiger charge is 2.39. The molecule has 3 rings (SSSR count). The van der Waals surface area contributed by atoms with E-state index in [0.717, 1.165) is 31.1 Å². The van der Waals surface area contributed by atoms with E-state index in [0.29, 0.717) is 19.0 Å². The third-order valence-electron chi connectivity index (χ3n) is 4.36. The van der Waals surface area contributed by atoms with Crippen molar-refractivity contribution in [3.63, 3.8) is 0 Å². The Morgan fingerprint density at radius 1 is 1.30 bits per heavy atom. The Morgan fingerprint density at radius 2 is 2.10 bits per heavy atom. The first-order chi connectivity index (χ1) is 9.82. The van der Waals surface area contributed by atoms with Crippen LogP contribution in [0.1, 0.15) is 63.6 Å². The lowest BCUT2D eigenvalue weighted by molar-refractivity contribution is -0.0777. The number of hydrogen-bond donors (Lipinski definition) is 1. The van der Waals surface area contributed by atoms with Crippen LogP contribution in [0.4, 0.5) is 0 Å². The highest BCUT2D eigenvalue weighted by atomic mass is 16.5. The first kappa shape index (κ1) is 14.0. The van der Waals surface area contributed by atoms with Crippen LogP contribution in [0.15, 0.2) is 4.52 Å². The van der Waals surface area contributed by atoms with Crippen molar-refractivity contribution in [2.75, 3.05) is 13.2 Å². The van der Waals surface area contributed by atoms with Gasteiger partial charge in [0.1, 0.15) is 5.60 Å². The van der Waals surface area contributed by atoms with Crippen molar-refractivity contribution >= 4 is 0 Å². The van der Waals surface area contributed by atoms with E-state index in [2.05, 4.69) is 15.5 Å². The van der Waals surface area contributed by atoms with E-state index < -0.39 is 0 Å². The number of nitrogens with zero attached hydrogens (tertiary/aromatic N) is 2. The average molecular weight is 279 g/mol. The first-order valence-electron chi connectivity index (χ1n) is 8.00. The second kappa shape index (κ2) is 6.22. The van der Waals surface area contributed by atoms with Crippen LogP contribution in [0.2, 0.25) is 0 Å². The van der Waals surface area contributed by atoms with E-state index in [1.165, 1.54) is 32.1 Å². The van der Waals surface area contributed by atoms with Gasteiger partial charge in [-0.05, 0) is 45.1 Å². The van der Waals surface area contributed by atoms with Crippen molar-refractivity contribution < 1.29 is 9.26 Å². The summed E-state index contributed by atoms with van der Waals surface area (Å²) >= 11 is 0. The number of rotatable bonds is 7. The van der Waals surface area contributed by atoms with Crippen LogP contribution in [0.3, 0.4) is 0 Å². The maximum atomic E-state index is 6.02. The summed E-state index contributed by atoms with van der Waals surface area (Å²) in [5.74, 6) is 2.30. The van der Waals surface area contributed by atoms with Gasteiger partial charge in [0, 0.05) is 6.61 Å². The number of aromatic nitrogens is 2. The molecule has 1 aromatic rings. The van der Waals surface area contributed by atoms with Gasteiger partial charge in [-0.15, -0.1) is 0 Å². The van der Waals surface area contributed by atoms with Crippen LogP contribution in [0, 0.1) is 5.92 Å². The zero-order valence-electron chi connectivity index (χ0n) is 12.4. The van der Waals surface area contributed by atoms with Crippen molar-refractivity contribution in [2.24, 2.45) is 5.92 Å². The molecular weight excluding hydrogens is 254 g/mol. The van der Waals surface area contributed by atoms with E-state index in [4.69, 9.17) is 9.26 Å². The Labute approximate surface area is 120 Å². The maximum absolute atomic E-state index is 6.02. The standard InChI is InChI=1S/C15H25N3O2/c1-2-19-15(8-4-3-5-9-15)14-17-13(20-18-14)11-16-10-12-6-7-12/h12,16H,2-11H2,1H3. The molecule has 112 valence electrons. The largest absolute Gasteiger partial charge is 0.367 e. The molecule has 0 aliphatic heterocycles. The summed E-state index contributed by atoms with van der Waals surface area (Å²) in [4.78, 5) is 4.58. The molecule has 2 fully saturated rings. The van der Waals surface area contributed by atoms with Crippen molar-refractivity contribution in [3.8, 4) is 0 Å². The van der Waals surface area contributed by atoms with Crippen molar-refractivity contribution in [1.29, 1.82) is 0 Å². The third kappa shape index (κ3) is 3.20. The van der Waals surface area contributed by atoms with Gasteiger partial charge in [0.15, 0.2) is 0 Å². The van der Waals surface area contributed by atoms with Crippen LogP contribution in [0.5, 0.6) is 0 Å². The van der Waals surface area contributed by atoms with Crippen molar-refractivity contribution in [3.05, 3.63) is 11.7 Å². The monoisotopic (exact) mass is 279 g/mol. The fraction of sp³-hybridized carbons (Fsp3) is 0.867. The van der Waals surface area contributed by atoms with Crippen LogP contribution >= 0.6 is 0 Å². The minimum absolute atomic E-state index is 0.300. The second-order valence-electron chi connectivity index (χ2n) is 6.07. The lowest BCUT2D eigenvalue weighted by Gasteiger charge is -2.33. The average Bonchev–Trinajstić information content (AvgIpc) is 3.16. The fourth-order valence-corrected chi connectivity index (χ4v) is 3.05. The molecule has 0 saturated heterocycles. The molecule has 0 amide bonds. The lowest BCUT2D eigenvalue weighted by atomic mass is 9.84. The van der Waals surface area contributed by atoms with Gasteiger partial charge in [-0.3, -0.25) is 0 Å². The van der Waals surface area contributed by atoms with Gasteiger partial charge in [-0.25, -0.2) is 0 Å². The van der Waals surface area contributed by atoms with Gasteiger partial charge in [0.2, 0.25) is 11.7 Å². The Morgan fingerprint density at radius 3 is 2.80 bits per heavy atom. The van der Waals surface area contributed by atoms with Crippen LogP contribution in [0.25, 0.3) is 0 Å². The van der Waals surface area contributed by atoms with E-state index in [-0.39, 0.29) is 5.60 Å². The summed E-state index contributed by atoms with van der Waals surface area (Å²) in [5, 5.41) is 7.58. The summed E-state index contributed by atoms with van der Waals surface area (Å²) in [6.45, 7) is 4.47. The van der Waals surface area contributed by atoms with E-state index in [1.54, 1.807) is 0 Å². The summed E-state index contributed by atoms with van der Waals surface area (Å²) in [7, 11) is 0. The maximum Gasteiger partial charge on any atom is 0.240 e. The molecule has 5 nitrogen and oxygen atoms in total. The lowest BCUT2D eigenvalue weighted by Crippen LogP contribution is -2.33. The van der Waals surface area contributed by atoms with E-state index in [1.807, 2.05) is 6.92 Å². The predicted molar refractivity (Wildman–Crippen MR) is 75.1 cm³/mol. The molecule has 2 saturated carbocycles. The minimum atomic E-state index is -0.300. The molecule has 0 spiro atoms. The van der Waals surface area contributed by atoms with Gasteiger partial charge < -0.3 is 14.6 Å². The van der Waals surface area contributed by atoms with Crippen molar-refractivity contribution in [1.82, 2.24) is 15.5 Å². The smallest absolute Gasteiger partial charge is 0.240 e. The molecule has 0 aromatic carbocycles. The molecule has 0 atom stereocenters. The fourth-order valence-electron chi connectivity index (χ4n) is 3.05. The molecule has 2 aliphatic carbocycles. The van der Waals surface area contributed by atoms with Gasteiger partial charge in [-0.1, -0.05) is 24.4 Å². The van der Waals surface area contributed by atoms with Gasteiger partial charge >= 0.3 is 0 Å². The van der Waals surface area contributed by atoms with E-state index >= 15 is 0 Å². The van der Waals surface area contributed by atoms with Crippen LogP contribution in [-0.4, -0.2) is 23.3 Å². The van der Waals surface area contributed by atoms with Crippen LogP contribution < -0.4 is 5.32 Å². The van der Waals surface area contributed by atoms with Crippen LogP contribution in [-0.2, 0) is 16.9 Å². The van der Waals surface area contributed by atoms with Gasteiger partial charge in [-0.2, -0.15) is 4.98 Å². The molecule has 5 heteroatoms. The number of hydrogen-bond acceptors (Lipinski definition) is 5. The number of nitrogens with one attached hydrogen (secondary N) is 1. The second-order valence-corrected chi connectivity index (χ2v) is 6.07. The summed E-state index contributed by atoms with van der Waals surface area (Å²) in [6.07, 6.45) is 8.38. The SMILES string of the molecule is CCOC1(c2noc(CNCC3CC3)n2)CCCCC1. The number of ether oxygens (including phenoxy) is 1. The first-order valence-corrected chi connectivity index (χ1v) is 8.00. The Balaban J connectivity index is 1.62. The molecule has 2 aliphatic rings. The molecule has 0 bridgehead atoms. The van der Waals surface area contributed by atoms with Gasteiger partial charge in [0.25, 0.3) is 0 Å². The topological polar surface area (TPSA) is 60.2 Å². The zero-order valence-corrected chi connectivity index (χ0v) is 12.4. The highest BCUT2D eigenvalue weighted by molar-refractivity contribution is 5.03. The molecule has 20 heavy (non-hydrogen) atoms. The van der Waals surface area contributed by atoms with Gasteiger partial charge in [0.05, 0.1) is 6.54 Å².